The van der Waals surface area contributed by atoms with Crippen LogP contribution in [-0.2, 0) is 19.6 Å². The molecule has 8 heteroatoms. The van der Waals surface area contributed by atoms with Gasteiger partial charge in [-0.05, 0) is 33.6 Å². The summed E-state index contributed by atoms with van der Waals surface area (Å²) in [5.41, 5.74) is -1.49. The highest BCUT2D eigenvalue weighted by molar-refractivity contribution is 7.91. The smallest absolute Gasteiger partial charge is 0.408 e. The number of sulfonamides is 1. The Morgan fingerprint density at radius 1 is 1.41 bits per heavy atom. The number of ether oxygens (including phenoxy) is 1. The van der Waals surface area contributed by atoms with Gasteiger partial charge >= 0.3 is 6.09 Å². The number of hydrogen-bond donors (Lipinski definition) is 2. The Morgan fingerprint density at radius 3 is 2.32 bits per heavy atom. The minimum absolute atomic E-state index is 0.103. The zero-order valence-electron chi connectivity index (χ0n) is 13.0. The average Bonchev–Trinajstić information content (AvgIpc) is 3.17. The van der Waals surface area contributed by atoms with E-state index in [0.717, 1.165) is 0 Å². The van der Waals surface area contributed by atoms with Crippen LogP contribution in [0.25, 0.3) is 0 Å². The number of alkyl carbamates (subject to hydrolysis) is 1. The van der Waals surface area contributed by atoms with Gasteiger partial charge < -0.3 is 14.8 Å². The van der Waals surface area contributed by atoms with Gasteiger partial charge in [0.05, 0.1) is 5.54 Å². The standard InChI is InChI=1S/C14H22N2O5S/c1-5-9-6-14(9,16-11(18)21-12(2,3)4)10-7-13(10,8-17)22(15,19)20/h5,8-10H,1,6-7H2,2-4H3,(H,16,18)(H2,15,19,20)/t9-,10?,13?,14-/m0/s1. The SMILES string of the molecule is C=C[C@H]1C[C@@]1(NC(=O)OC(C)(C)C)C1CC1(C=O)S(N)(=O)=O. The summed E-state index contributed by atoms with van der Waals surface area (Å²) in [7, 11) is -4.03. The van der Waals surface area contributed by atoms with Crippen molar-refractivity contribution in [3.63, 3.8) is 0 Å². The summed E-state index contributed by atoms with van der Waals surface area (Å²) < 4.78 is 27.0. The lowest BCUT2D eigenvalue weighted by molar-refractivity contribution is -0.108. The Morgan fingerprint density at radius 2 is 2.00 bits per heavy atom. The van der Waals surface area contributed by atoms with E-state index in [1.807, 2.05) is 0 Å². The number of amides is 1. The van der Waals surface area contributed by atoms with Gasteiger partial charge in [-0.2, -0.15) is 0 Å². The first kappa shape index (κ1) is 17.0. The molecule has 2 aliphatic rings. The predicted octanol–water partition coefficient (Wildman–Crippen LogP) is 0.702. The molecule has 2 saturated carbocycles. The molecule has 0 heterocycles. The minimum Gasteiger partial charge on any atom is -0.444 e. The molecule has 0 aromatic heterocycles. The van der Waals surface area contributed by atoms with Crippen LogP contribution in [0.3, 0.4) is 0 Å². The van der Waals surface area contributed by atoms with Crippen molar-refractivity contribution >= 4 is 22.4 Å². The molecule has 2 aliphatic carbocycles. The summed E-state index contributed by atoms with van der Waals surface area (Å²) in [5, 5.41) is 7.93. The fourth-order valence-corrected chi connectivity index (χ4v) is 4.25. The van der Waals surface area contributed by atoms with Crippen molar-refractivity contribution in [3.8, 4) is 0 Å². The van der Waals surface area contributed by atoms with Gasteiger partial charge in [0.25, 0.3) is 0 Å². The Balaban J connectivity index is 2.21. The van der Waals surface area contributed by atoms with Gasteiger partial charge in [0.2, 0.25) is 10.0 Å². The minimum atomic E-state index is -4.03. The molecular formula is C14H22N2O5S. The van der Waals surface area contributed by atoms with Crippen LogP contribution in [0, 0.1) is 11.8 Å². The van der Waals surface area contributed by atoms with Crippen LogP contribution in [0.5, 0.6) is 0 Å². The summed E-state index contributed by atoms with van der Waals surface area (Å²) in [6, 6.07) is 0. The van der Waals surface area contributed by atoms with Crippen LogP contribution >= 0.6 is 0 Å². The van der Waals surface area contributed by atoms with E-state index in [1.165, 1.54) is 0 Å². The summed E-state index contributed by atoms with van der Waals surface area (Å²) in [5.74, 6) is -0.656. The number of carbonyl (C=O) groups excluding carboxylic acids is 2. The molecule has 0 radical (unpaired) electrons. The number of carbonyl (C=O) groups is 2. The van der Waals surface area contributed by atoms with Gasteiger partial charge in [0.15, 0.2) is 0 Å². The second kappa shape index (κ2) is 4.79. The Labute approximate surface area is 130 Å². The van der Waals surface area contributed by atoms with Gasteiger partial charge in [0, 0.05) is 11.8 Å². The zero-order valence-corrected chi connectivity index (χ0v) is 13.8. The number of rotatable bonds is 5. The normalized spacial score (nSPS) is 37.1. The first-order valence-corrected chi connectivity index (χ1v) is 8.59. The molecule has 0 aromatic carbocycles. The van der Waals surface area contributed by atoms with E-state index >= 15 is 0 Å². The van der Waals surface area contributed by atoms with Crippen molar-refractivity contribution in [2.75, 3.05) is 0 Å². The maximum Gasteiger partial charge on any atom is 0.408 e. The van der Waals surface area contributed by atoms with Gasteiger partial charge in [-0.25, -0.2) is 18.4 Å². The summed E-state index contributed by atoms with van der Waals surface area (Å²) >= 11 is 0. The van der Waals surface area contributed by atoms with Crippen molar-refractivity contribution < 1.29 is 22.7 Å². The Kier molecular flexibility index (Phi) is 3.69. The van der Waals surface area contributed by atoms with Gasteiger partial charge in [0.1, 0.15) is 16.6 Å². The zero-order chi connectivity index (χ0) is 17.0. The molecule has 2 fully saturated rings. The van der Waals surface area contributed by atoms with Crippen molar-refractivity contribution in [1.29, 1.82) is 0 Å². The first-order chi connectivity index (χ1) is 9.92. The van der Waals surface area contributed by atoms with Crippen LogP contribution in [0.2, 0.25) is 0 Å². The molecule has 2 unspecified atom stereocenters. The van der Waals surface area contributed by atoms with E-state index in [-0.39, 0.29) is 12.3 Å². The summed E-state index contributed by atoms with van der Waals surface area (Å²) in [6.45, 7) is 8.88. The molecule has 1 amide bonds. The number of nitrogens with one attached hydrogen (secondary N) is 1. The van der Waals surface area contributed by atoms with Gasteiger partial charge in [-0.3, -0.25) is 0 Å². The fourth-order valence-electron chi connectivity index (χ4n) is 3.11. The van der Waals surface area contributed by atoms with Crippen LogP contribution in [0.4, 0.5) is 4.79 Å². The Bertz CT molecular complexity index is 624. The quantitative estimate of drug-likeness (QED) is 0.569. The van der Waals surface area contributed by atoms with Crippen LogP contribution in [0.1, 0.15) is 33.6 Å². The molecule has 0 bridgehead atoms. The lowest BCUT2D eigenvalue weighted by Gasteiger charge is -2.25. The average molecular weight is 330 g/mol. The highest BCUT2D eigenvalue weighted by atomic mass is 32.2. The number of hydrogen-bond acceptors (Lipinski definition) is 5. The van der Waals surface area contributed by atoms with Crippen molar-refractivity contribution in [1.82, 2.24) is 5.32 Å². The summed E-state index contributed by atoms with van der Waals surface area (Å²) in [4.78, 5) is 23.3. The maximum atomic E-state index is 12.0. The van der Waals surface area contributed by atoms with Gasteiger partial charge in [-0.15, -0.1) is 6.58 Å². The molecule has 0 saturated heterocycles. The molecule has 0 aromatic rings. The van der Waals surface area contributed by atoms with E-state index in [0.29, 0.717) is 12.7 Å². The third-order valence-corrected chi connectivity index (χ3v) is 5.99. The lowest BCUT2D eigenvalue weighted by atomic mass is 10.1. The van der Waals surface area contributed by atoms with E-state index in [9.17, 15) is 18.0 Å². The third-order valence-electron chi connectivity index (χ3n) is 4.38. The second-order valence-corrected chi connectivity index (χ2v) is 8.94. The monoisotopic (exact) mass is 330 g/mol. The molecular weight excluding hydrogens is 308 g/mol. The van der Waals surface area contributed by atoms with Crippen molar-refractivity contribution in [2.45, 2.75) is 49.5 Å². The number of primary sulfonamides is 1. The van der Waals surface area contributed by atoms with E-state index in [2.05, 4.69) is 11.9 Å². The van der Waals surface area contributed by atoms with Crippen molar-refractivity contribution in [3.05, 3.63) is 12.7 Å². The molecule has 2 rings (SSSR count). The molecule has 22 heavy (non-hydrogen) atoms. The fraction of sp³-hybridized carbons (Fsp3) is 0.714. The molecule has 124 valence electrons. The number of nitrogens with two attached hydrogens (primary N) is 1. The highest BCUT2D eigenvalue weighted by Crippen LogP contribution is 2.64. The predicted molar refractivity (Wildman–Crippen MR) is 80.4 cm³/mol. The molecule has 3 N–H and O–H groups in total. The van der Waals surface area contributed by atoms with E-state index in [4.69, 9.17) is 9.88 Å². The van der Waals surface area contributed by atoms with E-state index in [1.54, 1.807) is 26.8 Å². The van der Waals surface area contributed by atoms with Crippen molar-refractivity contribution in [2.24, 2.45) is 17.0 Å². The van der Waals surface area contributed by atoms with Gasteiger partial charge in [-0.1, -0.05) is 6.08 Å². The van der Waals surface area contributed by atoms with Crippen LogP contribution in [-0.4, -0.2) is 36.7 Å². The maximum absolute atomic E-state index is 12.0. The molecule has 4 atom stereocenters. The first-order valence-electron chi connectivity index (χ1n) is 7.04. The number of aldehydes is 1. The van der Waals surface area contributed by atoms with Crippen LogP contribution < -0.4 is 10.5 Å². The lowest BCUT2D eigenvalue weighted by Crippen LogP contribution is -2.47. The topological polar surface area (TPSA) is 116 Å². The summed E-state index contributed by atoms with van der Waals surface area (Å²) in [6.07, 6.45) is 2.01. The molecule has 7 nitrogen and oxygen atoms in total. The largest absolute Gasteiger partial charge is 0.444 e. The molecule has 0 aliphatic heterocycles. The van der Waals surface area contributed by atoms with E-state index < -0.39 is 37.9 Å². The highest BCUT2D eigenvalue weighted by Gasteiger charge is 2.77. The third kappa shape index (κ3) is 2.65. The Hall–Kier alpha value is -1.41. The second-order valence-electron chi connectivity index (χ2n) is 7.09. The molecule has 0 spiro atoms. The van der Waals surface area contributed by atoms with Crippen LogP contribution in [0.15, 0.2) is 12.7 Å².